The Bertz CT molecular complexity index is 338. The summed E-state index contributed by atoms with van der Waals surface area (Å²) in [4.78, 5) is 33.6. The molecular weight excluding hydrogens is 284 g/mol. The lowest BCUT2D eigenvalue weighted by molar-refractivity contribution is -0.147. The number of aliphatic carboxylic acids is 1. The highest BCUT2D eigenvalue weighted by Crippen LogP contribution is 2.03. The van der Waals surface area contributed by atoms with Gasteiger partial charge < -0.3 is 20.5 Å². The fraction of sp³-hybridized carbons (Fsp3) is 0.750. The van der Waals surface area contributed by atoms with Crippen molar-refractivity contribution in [3.05, 3.63) is 0 Å². The zero-order valence-corrected chi connectivity index (χ0v) is 12.8. The molecule has 20 heavy (non-hydrogen) atoms. The molecule has 7 nitrogen and oxygen atoms in total. The number of rotatable bonds is 9. The molecule has 0 spiro atoms. The second kappa shape index (κ2) is 10.4. The molecule has 8 heteroatoms. The van der Waals surface area contributed by atoms with E-state index in [2.05, 4.69) is 22.3 Å². The Hall–Kier alpha value is -1.44. The quantitative estimate of drug-likeness (QED) is 0.430. The number of ether oxygens (including phenoxy) is 1. The molecule has 0 heterocycles. The van der Waals surface area contributed by atoms with E-state index in [1.807, 2.05) is 6.92 Å². The molecule has 0 bridgehead atoms. The topological polar surface area (TPSA) is 105 Å². The summed E-state index contributed by atoms with van der Waals surface area (Å²) in [6.45, 7) is 3.89. The molecule has 116 valence electrons. The highest BCUT2D eigenvalue weighted by atomic mass is 32.2. The molecule has 0 aliphatic rings. The van der Waals surface area contributed by atoms with Crippen molar-refractivity contribution in [2.75, 3.05) is 18.6 Å². The number of urea groups is 1. The van der Waals surface area contributed by atoms with Crippen LogP contribution in [0.3, 0.4) is 0 Å². The molecule has 0 saturated carbocycles. The van der Waals surface area contributed by atoms with Gasteiger partial charge in [0.1, 0.15) is 6.04 Å². The zero-order valence-electron chi connectivity index (χ0n) is 12.0. The number of thioether (sulfide) groups is 1. The molecule has 0 radical (unpaired) electrons. The number of carboxylic acid groups (broad SMARTS) is 1. The van der Waals surface area contributed by atoms with Crippen molar-refractivity contribution in [3.8, 4) is 0 Å². The van der Waals surface area contributed by atoms with Gasteiger partial charge in [-0.25, -0.2) is 9.59 Å². The van der Waals surface area contributed by atoms with Crippen LogP contribution in [-0.4, -0.2) is 53.8 Å². The van der Waals surface area contributed by atoms with Gasteiger partial charge in [0, 0.05) is 6.04 Å². The van der Waals surface area contributed by atoms with Gasteiger partial charge in [0.05, 0.1) is 13.5 Å². The molecule has 0 fully saturated rings. The lowest BCUT2D eigenvalue weighted by atomic mass is 10.2. The monoisotopic (exact) mass is 306 g/mol. The lowest BCUT2D eigenvalue weighted by Crippen LogP contribution is -2.49. The van der Waals surface area contributed by atoms with E-state index in [1.165, 1.54) is 0 Å². The van der Waals surface area contributed by atoms with Gasteiger partial charge in [-0.2, -0.15) is 11.8 Å². The van der Waals surface area contributed by atoms with Gasteiger partial charge in [0.2, 0.25) is 0 Å². The normalized spacial score (nSPS) is 13.2. The first-order chi connectivity index (χ1) is 9.40. The largest absolute Gasteiger partial charge is 0.480 e. The average Bonchev–Trinajstić information content (AvgIpc) is 2.37. The van der Waals surface area contributed by atoms with Crippen molar-refractivity contribution in [2.45, 2.75) is 38.8 Å². The number of carboxylic acids is 1. The first-order valence-electron chi connectivity index (χ1n) is 6.35. The Morgan fingerprint density at radius 3 is 2.45 bits per heavy atom. The van der Waals surface area contributed by atoms with Crippen LogP contribution >= 0.6 is 11.8 Å². The first-order valence-corrected chi connectivity index (χ1v) is 7.50. The van der Waals surface area contributed by atoms with Crippen molar-refractivity contribution in [1.29, 1.82) is 0 Å². The van der Waals surface area contributed by atoms with E-state index in [4.69, 9.17) is 5.11 Å². The van der Waals surface area contributed by atoms with E-state index in [1.54, 1.807) is 11.8 Å². The second-order valence-electron chi connectivity index (χ2n) is 4.18. The molecule has 0 saturated heterocycles. The number of carbonyl (C=O) groups is 3. The summed E-state index contributed by atoms with van der Waals surface area (Å²) in [5, 5.41) is 13.8. The first kappa shape index (κ1) is 18.6. The van der Waals surface area contributed by atoms with Crippen LogP contribution in [0.4, 0.5) is 4.79 Å². The Morgan fingerprint density at radius 2 is 1.95 bits per heavy atom. The summed E-state index contributed by atoms with van der Waals surface area (Å²) in [7, 11) is 1.16. The van der Waals surface area contributed by atoms with Crippen LogP contribution in [0, 0.1) is 0 Å². The number of methoxy groups -OCH3 is 1. The fourth-order valence-electron chi connectivity index (χ4n) is 1.35. The maximum Gasteiger partial charge on any atom is 0.326 e. The van der Waals surface area contributed by atoms with Gasteiger partial charge in [-0.05, 0) is 24.9 Å². The van der Waals surface area contributed by atoms with Crippen molar-refractivity contribution in [1.82, 2.24) is 10.6 Å². The second-order valence-corrected chi connectivity index (χ2v) is 5.57. The Labute approximate surface area is 122 Å². The van der Waals surface area contributed by atoms with Gasteiger partial charge in [-0.15, -0.1) is 0 Å². The third-order valence-corrected chi connectivity index (χ3v) is 3.41. The number of amides is 2. The van der Waals surface area contributed by atoms with E-state index in [-0.39, 0.29) is 6.04 Å². The van der Waals surface area contributed by atoms with Gasteiger partial charge >= 0.3 is 18.0 Å². The SMILES string of the molecule is CCSCCC(C)NC(=O)N[C@@H](CC(=O)OC)C(=O)O. The summed E-state index contributed by atoms with van der Waals surface area (Å²) in [6.07, 6.45) is 0.389. The van der Waals surface area contributed by atoms with E-state index < -0.39 is 30.4 Å². The highest BCUT2D eigenvalue weighted by Gasteiger charge is 2.24. The third kappa shape index (κ3) is 8.63. The van der Waals surface area contributed by atoms with Gasteiger partial charge in [-0.1, -0.05) is 6.92 Å². The Kier molecular flexibility index (Phi) is 9.61. The molecule has 2 atom stereocenters. The third-order valence-electron chi connectivity index (χ3n) is 2.48. The standard InChI is InChI=1S/C12H22N2O5S/c1-4-20-6-5-8(2)13-12(18)14-9(11(16)17)7-10(15)19-3/h8-9H,4-7H2,1-3H3,(H,16,17)(H2,13,14,18)/t8?,9-/m0/s1. The molecule has 0 aromatic heterocycles. The molecule has 0 rings (SSSR count). The molecular formula is C12H22N2O5S. The van der Waals surface area contributed by atoms with Crippen molar-refractivity contribution in [2.24, 2.45) is 0 Å². The number of nitrogens with one attached hydrogen (secondary N) is 2. The molecule has 0 aliphatic heterocycles. The van der Waals surface area contributed by atoms with E-state index >= 15 is 0 Å². The van der Waals surface area contributed by atoms with Crippen LogP contribution in [0.1, 0.15) is 26.7 Å². The van der Waals surface area contributed by atoms with Crippen molar-refractivity contribution >= 4 is 29.7 Å². The summed E-state index contributed by atoms with van der Waals surface area (Å²) in [5.41, 5.74) is 0. The van der Waals surface area contributed by atoms with Crippen LogP contribution in [-0.2, 0) is 14.3 Å². The highest BCUT2D eigenvalue weighted by molar-refractivity contribution is 7.99. The van der Waals surface area contributed by atoms with Crippen LogP contribution in [0.5, 0.6) is 0 Å². The number of hydrogen-bond acceptors (Lipinski definition) is 5. The van der Waals surface area contributed by atoms with Crippen molar-refractivity contribution < 1.29 is 24.2 Å². The molecule has 0 aliphatic carbocycles. The summed E-state index contributed by atoms with van der Waals surface area (Å²) >= 11 is 1.77. The van der Waals surface area contributed by atoms with E-state index in [0.717, 1.165) is 25.0 Å². The summed E-state index contributed by atoms with van der Waals surface area (Å²) in [5.74, 6) is -0.0356. The predicted molar refractivity (Wildman–Crippen MR) is 76.8 cm³/mol. The Balaban J connectivity index is 4.18. The fourth-order valence-corrected chi connectivity index (χ4v) is 2.16. The van der Waals surface area contributed by atoms with Gasteiger partial charge in [0.25, 0.3) is 0 Å². The summed E-state index contributed by atoms with van der Waals surface area (Å²) < 4.78 is 4.38. The number of esters is 1. The maximum absolute atomic E-state index is 11.6. The average molecular weight is 306 g/mol. The minimum atomic E-state index is -1.29. The van der Waals surface area contributed by atoms with E-state index in [9.17, 15) is 14.4 Å². The van der Waals surface area contributed by atoms with Crippen molar-refractivity contribution in [3.63, 3.8) is 0 Å². The van der Waals surface area contributed by atoms with Crippen LogP contribution < -0.4 is 10.6 Å². The van der Waals surface area contributed by atoms with Crippen LogP contribution in [0.15, 0.2) is 0 Å². The minimum absolute atomic E-state index is 0.0679. The van der Waals surface area contributed by atoms with E-state index in [0.29, 0.717) is 0 Å². The lowest BCUT2D eigenvalue weighted by Gasteiger charge is -2.17. The molecule has 2 amide bonds. The Morgan fingerprint density at radius 1 is 1.30 bits per heavy atom. The minimum Gasteiger partial charge on any atom is -0.480 e. The molecule has 3 N–H and O–H groups in total. The summed E-state index contributed by atoms with van der Waals surface area (Å²) in [6, 6.07) is -1.96. The predicted octanol–water partition coefficient (Wildman–Crippen LogP) is 0.834. The van der Waals surface area contributed by atoms with Crippen LogP contribution in [0.25, 0.3) is 0 Å². The van der Waals surface area contributed by atoms with Gasteiger partial charge in [0.15, 0.2) is 0 Å². The number of hydrogen-bond donors (Lipinski definition) is 3. The maximum atomic E-state index is 11.6. The molecule has 0 aromatic rings. The smallest absolute Gasteiger partial charge is 0.326 e. The van der Waals surface area contributed by atoms with Crippen LogP contribution in [0.2, 0.25) is 0 Å². The van der Waals surface area contributed by atoms with Gasteiger partial charge in [-0.3, -0.25) is 4.79 Å². The zero-order chi connectivity index (χ0) is 15.5. The molecule has 1 unspecified atom stereocenters. The molecule has 0 aromatic carbocycles. The number of carbonyl (C=O) groups excluding carboxylic acids is 2.